The van der Waals surface area contributed by atoms with Crippen LogP contribution in [0.5, 0.6) is 0 Å². The van der Waals surface area contributed by atoms with Crippen LogP contribution in [0.3, 0.4) is 0 Å². The number of nitrogens with zero attached hydrogens (tertiary/aromatic N) is 1. The molecule has 4 atom stereocenters. The van der Waals surface area contributed by atoms with E-state index in [1.54, 1.807) is 16.7 Å². The lowest BCUT2D eigenvalue weighted by atomic mass is 9.84. The molecule has 4 unspecified atom stereocenters. The maximum absolute atomic E-state index is 13.4. The zero-order valence-corrected chi connectivity index (χ0v) is 14.5. The number of carboxylic acids is 1. The molecule has 0 spiro atoms. The molecule has 0 radical (unpaired) electrons. The molecule has 0 bridgehead atoms. The van der Waals surface area contributed by atoms with Gasteiger partial charge in [-0.15, -0.1) is 11.8 Å². The fourth-order valence-corrected chi connectivity index (χ4v) is 5.90. The van der Waals surface area contributed by atoms with Crippen molar-refractivity contribution < 1.29 is 14.7 Å². The van der Waals surface area contributed by atoms with Crippen LogP contribution in [0.25, 0.3) is 0 Å². The monoisotopic (exact) mass is 345 g/mol. The summed E-state index contributed by atoms with van der Waals surface area (Å²) in [6.45, 7) is 0. The number of aliphatic carboxylic acids is 1. The van der Waals surface area contributed by atoms with Crippen LogP contribution in [0.4, 0.5) is 0 Å². The van der Waals surface area contributed by atoms with Gasteiger partial charge in [0.25, 0.3) is 0 Å². The summed E-state index contributed by atoms with van der Waals surface area (Å²) in [5.74, 6) is 0.329. The number of hydrogen-bond donors (Lipinski definition) is 1. The highest BCUT2D eigenvalue weighted by Crippen LogP contribution is 2.44. The molecule has 1 N–H and O–H groups in total. The van der Waals surface area contributed by atoms with Crippen LogP contribution < -0.4 is 0 Å². The van der Waals surface area contributed by atoms with Crippen molar-refractivity contribution in [2.75, 3.05) is 5.75 Å². The second-order valence-corrected chi connectivity index (χ2v) is 8.31. The Morgan fingerprint density at radius 1 is 1.12 bits per heavy atom. The summed E-state index contributed by atoms with van der Waals surface area (Å²) in [6, 6.07) is 7.59. The van der Waals surface area contributed by atoms with Crippen molar-refractivity contribution in [3.63, 3.8) is 0 Å². The Bertz CT molecular complexity index is 662. The summed E-state index contributed by atoms with van der Waals surface area (Å²) in [5.41, 5.74) is 1.09. The lowest BCUT2D eigenvalue weighted by Gasteiger charge is -2.36. The Morgan fingerprint density at radius 2 is 1.92 bits per heavy atom. The number of carboxylic acid groups (broad SMARTS) is 1. The molecular formula is C19H23NO3S. The van der Waals surface area contributed by atoms with E-state index in [2.05, 4.69) is 6.07 Å². The van der Waals surface area contributed by atoms with Crippen molar-refractivity contribution >= 4 is 23.6 Å². The molecule has 1 aromatic rings. The Labute approximate surface area is 146 Å². The minimum absolute atomic E-state index is 0.0459. The second kappa shape index (κ2) is 6.43. The van der Waals surface area contributed by atoms with E-state index in [1.165, 1.54) is 11.3 Å². The topological polar surface area (TPSA) is 57.6 Å². The number of benzene rings is 1. The van der Waals surface area contributed by atoms with Crippen molar-refractivity contribution in [2.45, 2.75) is 61.4 Å². The molecule has 5 heteroatoms. The van der Waals surface area contributed by atoms with E-state index in [0.29, 0.717) is 12.3 Å². The number of fused-ring (bicyclic) bond motifs is 2. The molecule has 4 nitrogen and oxygen atoms in total. The predicted octanol–water partition coefficient (Wildman–Crippen LogP) is 3.51. The van der Waals surface area contributed by atoms with Crippen LogP contribution in [0, 0.1) is 5.92 Å². The number of likely N-dealkylation sites (tertiary alicyclic amines) is 1. The normalized spacial score (nSPS) is 32.1. The minimum Gasteiger partial charge on any atom is -0.480 e. The second-order valence-electron chi connectivity index (χ2n) is 7.17. The highest BCUT2D eigenvalue weighted by atomic mass is 32.2. The van der Waals surface area contributed by atoms with Gasteiger partial charge in [-0.2, -0.15) is 0 Å². The first kappa shape index (κ1) is 16.0. The summed E-state index contributed by atoms with van der Waals surface area (Å²) in [6.07, 6.45) is 5.74. The zero-order valence-electron chi connectivity index (χ0n) is 13.7. The van der Waals surface area contributed by atoms with Gasteiger partial charge in [0.2, 0.25) is 5.91 Å². The summed E-state index contributed by atoms with van der Waals surface area (Å²) < 4.78 is 0. The van der Waals surface area contributed by atoms with Crippen molar-refractivity contribution in [1.29, 1.82) is 0 Å². The SMILES string of the molecule is O=C(O)C1CC2CCCCC2N1C(=O)C1CCSc2ccccc21. The van der Waals surface area contributed by atoms with E-state index in [9.17, 15) is 14.7 Å². The molecule has 1 aromatic carbocycles. The van der Waals surface area contributed by atoms with Gasteiger partial charge in [-0.25, -0.2) is 4.79 Å². The molecule has 128 valence electrons. The highest BCUT2D eigenvalue weighted by Gasteiger charge is 2.49. The van der Waals surface area contributed by atoms with Crippen LogP contribution in [0.1, 0.15) is 50.0 Å². The van der Waals surface area contributed by atoms with Gasteiger partial charge in [0.15, 0.2) is 0 Å². The van der Waals surface area contributed by atoms with Crippen LogP contribution in [0.2, 0.25) is 0 Å². The van der Waals surface area contributed by atoms with Crippen LogP contribution in [0.15, 0.2) is 29.2 Å². The Kier molecular flexibility index (Phi) is 4.29. The number of rotatable bonds is 2. The van der Waals surface area contributed by atoms with Crippen molar-refractivity contribution in [3.8, 4) is 0 Å². The van der Waals surface area contributed by atoms with E-state index >= 15 is 0 Å². The van der Waals surface area contributed by atoms with E-state index in [0.717, 1.165) is 37.0 Å². The molecule has 1 amide bonds. The van der Waals surface area contributed by atoms with Crippen molar-refractivity contribution in [2.24, 2.45) is 5.92 Å². The van der Waals surface area contributed by atoms with Gasteiger partial charge >= 0.3 is 5.97 Å². The summed E-state index contributed by atoms with van der Waals surface area (Å²) in [5, 5.41) is 9.68. The molecule has 0 aromatic heterocycles. The molecule has 2 fully saturated rings. The lowest BCUT2D eigenvalue weighted by molar-refractivity contribution is -0.150. The molecule has 4 rings (SSSR count). The zero-order chi connectivity index (χ0) is 16.7. The van der Waals surface area contributed by atoms with Gasteiger partial charge in [-0.1, -0.05) is 31.0 Å². The largest absolute Gasteiger partial charge is 0.480 e. The van der Waals surface area contributed by atoms with Gasteiger partial charge in [0, 0.05) is 10.9 Å². The average Bonchev–Trinajstić information content (AvgIpc) is 3.00. The third-order valence-electron chi connectivity index (χ3n) is 5.88. The Morgan fingerprint density at radius 3 is 2.75 bits per heavy atom. The number of thioether (sulfide) groups is 1. The summed E-state index contributed by atoms with van der Waals surface area (Å²) in [7, 11) is 0. The predicted molar refractivity (Wildman–Crippen MR) is 93.2 cm³/mol. The molecule has 1 aliphatic carbocycles. The highest BCUT2D eigenvalue weighted by molar-refractivity contribution is 7.99. The van der Waals surface area contributed by atoms with Crippen molar-refractivity contribution in [3.05, 3.63) is 29.8 Å². The average molecular weight is 345 g/mol. The quantitative estimate of drug-likeness (QED) is 0.891. The first-order chi connectivity index (χ1) is 11.7. The third kappa shape index (κ3) is 2.63. The summed E-state index contributed by atoms with van der Waals surface area (Å²) in [4.78, 5) is 28.1. The number of carbonyl (C=O) groups excluding carboxylic acids is 1. The van der Waals surface area contributed by atoms with Gasteiger partial charge < -0.3 is 10.0 Å². The molecule has 1 saturated heterocycles. The number of carbonyl (C=O) groups is 2. The molecule has 2 heterocycles. The maximum atomic E-state index is 13.4. The standard InChI is InChI=1S/C19H23NO3S/c21-18(14-9-10-24-17-8-4-2-6-13(14)17)20-15-7-3-1-5-12(15)11-16(20)19(22)23/h2,4,6,8,12,14-16H,1,3,5,7,9-11H2,(H,22,23). The van der Waals surface area contributed by atoms with E-state index in [-0.39, 0.29) is 17.9 Å². The van der Waals surface area contributed by atoms with Gasteiger partial charge in [0.05, 0.1) is 5.92 Å². The Balaban J connectivity index is 1.66. The van der Waals surface area contributed by atoms with Gasteiger partial charge in [-0.05, 0) is 49.0 Å². The van der Waals surface area contributed by atoms with E-state index < -0.39 is 12.0 Å². The Hall–Kier alpha value is -1.49. The van der Waals surface area contributed by atoms with Crippen LogP contribution in [-0.2, 0) is 9.59 Å². The molecule has 2 aliphatic heterocycles. The molecule has 1 saturated carbocycles. The minimum atomic E-state index is -0.837. The smallest absolute Gasteiger partial charge is 0.326 e. The molecule has 24 heavy (non-hydrogen) atoms. The van der Waals surface area contributed by atoms with Crippen LogP contribution >= 0.6 is 11.8 Å². The first-order valence-corrected chi connectivity index (χ1v) is 9.92. The van der Waals surface area contributed by atoms with Crippen LogP contribution in [-0.4, -0.2) is 39.7 Å². The van der Waals surface area contributed by atoms with Gasteiger partial charge in [-0.3, -0.25) is 4.79 Å². The number of hydrogen-bond acceptors (Lipinski definition) is 3. The maximum Gasteiger partial charge on any atom is 0.326 e. The fourth-order valence-electron chi connectivity index (χ4n) is 4.78. The summed E-state index contributed by atoms with van der Waals surface area (Å²) >= 11 is 1.80. The third-order valence-corrected chi connectivity index (χ3v) is 7.01. The fraction of sp³-hybridized carbons (Fsp3) is 0.579. The molecular weight excluding hydrogens is 322 g/mol. The van der Waals surface area contributed by atoms with Gasteiger partial charge in [0.1, 0.15) is 6.04 Å². The van der Waals surface area contributed by atoms with Crippen molar-refractivity contribution in [1.82, 2.24) is 4.90 Å². The van der Waals surface area contributed by atoms with E-state index in [1.807, 2.05) is 18.2 Å². The lowest BCUT2D eigenvalue weighted by Crippen LogP contribution is -2.48. The first-order valence-electron chi connectivity index (χ1n) is 8.93. The molecule has 3 aliphatic rings. The van der Waals surface area contributed by atoms with E-state index in [4.69, 9.17) is 0 Å². The number of amides is 1.